The number of hydrogen-bond acceptors (Lipinski definition) is 2. The van der Waals surface area contributed by atoms with Crippen molar-refractivity contribution in [1.82, 2.24) is 10.2 Å². The van der Waals surface area contributed by atoms with Crippen molar-refractivity contribution in [3.63, 3.8) is 0 Å². The highest BCUT2D eigenvalue weighted by molar-refractivity contribution is 9.10. The standard InChI is InChI=1S/C15H21BrN2O3/c1-11(5-3-8-14(19)20)17-15(21)18(2)10-12-6-4-7-13(16)9-12/h4,6-7,9,11H,3,5,8,10H2,1-2H3,(H,17,21)(H,19,20). The number of rotatable bonds is 7. The average Bonchev–Trinajstić information content (AvgIpc) is 2.38. The maximum Gasteiger partial charge on any atom is 0.317 e. The van der Waals surface area contributed by atoms with Gasteiger partial charge in [-0.05, 0) is 37.5 Å². The smallest absolute Gasteiger partial charge is 0.317 e. The van der Waals surface area contributed by atoms with E-state index in [2.05, 4.69) is 21.2 Å². The Kier molecular flexibility index (Phi) is 7.22. The van der Waals surface area contributed by atoms with Crippen molar-refractivity contribution in [3.8, 4) is 0 Å². The van der Waals surface area contributed by atoms with E-state index in [-0.39, 0.29) is 18.5 Å². The van der Waals surface area contributed by atoms with Gasteiger partial charge < -0.3 is 15.3 Å². The highest BCUT2D eigenvalue weighted by atomic mass is 79.9. The summed E-state index contributed by atoms with van der Waals surface area (Å²) in [5, 5.41) is 11.5. The Morgan fingerprint density at radius 2 is 2.14 bits per heavy atom. The molecule has 1 aromatic rings. The van der Waals surface area contributed by atoms with Gasteiger partial charge in [0.1, 0.15) is 0 Å². The average molecular weight is 357 g/mol. The summed E-state index contributed by atoms with van der Waals surface area (Å²) in [5.41, 5.74) is 1.04. The van der Waals surface area contributed by atoms with E-state index in [0.29, 0.717) is 19.4 Å². The zero-order chi connectivity index (χ0) is 15.8. The Balaban J connectivity index is 2.38. The minimum atomic E-state index is -0.805. The summed E-state index contributed by atoms with van der Waals surface area (Å²) >= 11 is 3.40. The Morgan fingerprint density at radius 1 is 1.43 bits per heavy atom. The Labute approximate surface area is 133 Å². The van der Waals surface area contributed by atoms with E-state index >= 15 is 0 Å². The van der Waals surface area contributed by atoms with Crippen LogP contribution in [0.15, 0.2) is 28.7 Å². The van der Waals surface area contributed by atoms with E-state index in [0.717, 1.165) is 10.0 Å². The normalized spacial score (nSPS) is 11.8. The van der Waals surface area contributed by atoms with Gasteiger partial charge in [0, 0.05) is 30.5 Å². The molecule has 0 aliphatic rings. The van der Waals surface area contributed by atoms with Crippen LogP contribution in [0.4, 0.5) is 4.79 Å². The molecule has 0 radical (unpaired) electrons. The molecule has 6 heteroatoms. The largest absolute Gasteiger partial charge is 0.481 e. The minimum absolute atomic E-state index is 0.0400. The van der Waals surface area contributed by atoms with Gasteiger partial charge in [-0.15, -0.1) is 0 Å². The van der Waals surface area contributed by atoms with Gasteiger partial charge in [0.05, 0.1) is 0 Å². The van der Waals surface area contributed by atoms with Crippen molar-refractivity contribution in [2.75, 3.05) is 7.05 Å². The molecular weight excluding hydrogens is 336 g/mol. The lowest BCUT2D eigenvalue weighted by atomic mass is 10.1. The lowest BCUT2D eigenvalue weighted by molar-refractivity contribution is -0.137. The highest BCUT2D eigenvalue weighted by Gasteiger charge is 2.12. The molecule has 1 rings (SSSR count). The van der Waals surface area contributed by atoms with E-state index in [1.54, 1.807) is 11.9 Å². The van der Waals surface area contributed by atoms with E-state index in [4.69, 9.17) is 5.11 Å². The second kappa shape index (κ2) is 8.67. The van der Waals surface area contributed by atoms with E-state index in [9.17, 15) is 9.59 Å². The van der Waals surface area contributed by atoms with Crippen LogP contribution in [0.1, 0.15) is 31.7 Å². The molecule has 5 nitrogen and oxygen atoms in total. The first-order chi connectivity index (χ1) is 9.88. The highest BCUT2D eigenvalue weighted by Crippen LogP contribution is 2.13. The summed E-state index contributed by atoms with van der Waals surface area (Å²) in [5.74, 6) is -0.805. The molecular formula is C15H21BrN2O3. The van der Waals surface area contributed by atoms with Gasteiger partial charge in [0.2, 0.25) is 0 Å². The third-order valence-corrected chi connectivity index (χ3v) is 3.55. The molecule has 0 saturated heterocycles. The van der Waals surface area contributed by atoms with Crippen LogP contribution in [0.3, 0.4) is 0 Å². The second-order valence-electron chi connectivity index (χ2n) is 5.12. The third kappa shape index (κ3) is 7.13. The summed E-state index contributed by atoms with van der Waals surface area (Å²) < 4.78 is 0.982. The predicted molar refractivity (Wildman–Crippen MR) is 85.1 cm³/mol. The molecule has 0 bridgehead atoms. The van der Waals surface area contributed by atoms with Gasteiger partial charge in [-0.25, -0.2) is 4.79 Å². The van der Waals surface area contributed by atoms with Crippen molar-refractivity contribution in [2.24, 2.45) is 0 Å². The number of benzene rings is 1. The van der Waals surface area contributed by atoms with Crippen LogP contribution in [0.5, 0.6) is 0 Å². The summed E-state index contributed by atoms with van der Waals surface area (Å²) in [6, 6.07) is 7.61. The monoisotopic (exact) mass is 356 g/mol. The van der Waals surface area contributed by atoms with Gasteiger partial charge in [0.15, 0.2) is 0 Å². The van der Waals surface area contributed by atoms with Crippen molar-refractivity contribution >= 4 is 27.9 Å². The zero-order valence-corrected chi connectivity index (χ0v) is 13.9. The SMILES string of the molecule is CC(CCCC(=O)O)NC(=O)N(C)Cc1cccc(Br)c1. The number of halogens is 1. The van der Waals surface area contributed by atoms with Crippen LogP contribution in [0, 0.1) is 0 Å². The van der Waals surface area contributed by atoms with E-state index < -0.39 is 5.97 Å². The fraction of sp³-hybridized carbons (Fsp3) is 0.467. The van der Waals surface area contributed by atoms with Gasteiger partial charge in [-0.2, -0.15) is 0 Å². The molecule has 2 N–H and O–H groups in total. The summed E-state index contributed by atoms with van der Waals surface area (Å²) in [6.45, 7) is 2.40. The van der Waals surface area contributed by atoms with Gasteiger partial charge >= 0.3 is 12.0 Å². The zero-order valence-electron chi connectivity index (χ0n) is 12.3. The molecule has 21 heavy (non-hydrogen) atoms. The number of carboxylic acid groups (broad SMARTS) is 1. The van der Waals surface area contributed by atoms with Crippen molar-refractivity contribution in [3.05, 3.63) is 34.3 Å². The minimum Gasteiger partial charge on any atom is -0.481 e. The number of carboxylic acids is 1. The number of nitrogens with one attached hydrogen (secondary N) is 1. The van der Waals surface area contributed by atoms with Crippen molar-refractivity contribution in [2.45, 2.75) is 38.8 Å². The molecule has 0 heterocycles. The third-order valence-electron chi connectivity index (χ3n) is 3.05. The van der Waals surface area contributed by atoms with Crippen LogP contribution in [-0.4, -0.2) is 35.1 Å². The fourth-order valence-corrected chi connectivity index (χ4v) is 2.38. The molecule has 2 amide bonds. The lowest BCUT2D eigenvalue weighted by Crippen LogP contribution is -2.41. The van der Waals surface area contributed by atoms with Gasteiger partial charge in [-0.1, -0.05) is 28.1 Å². The topological polar surface area (TPSA) is 69.6 Å². The van der Waals surface area contributed by atoms with E-state index in [1.165, 1.54) is 0 Å². The molecule has 0 saturated carbocycles. The molecule has 1 atom stereocenters. The van der Waals surface area contributed by atoms with Gasteiger partial charge in [-0.3, -0.25) is 4.79 Å². The Hall–Kier alpha value is -1.56. The van der Waals surface area contributed by atoms with Crippen molar-refractivity contribution in [1.29, 1.82) is 0 Å². The molecule has 0 fully saturated rings. The van der Waals surface area contributed by atoms with Crippen LogP contribution < -0.4 is 5.32 Å². The summed E-state index contributed by atoms with van der Waals surface area (Å²) in [7, 11) is 1.74. The molecule has 1 unspecified atom stereocenters. The van der Waals surface area contributed by atoms with Gasteiger partial charge in [0.25, 0.3) is 0 Å². The predicted octanol–water partition coefficient (Wildman–Crippen LogP) is 3.23. The molecule has 1 aromatic carbocycles. The number of carbonyl (C=O) groups is 2. The molecule has 0 aromatic heterocycles. The second-order valence-corrected chi connectivity index (χ2v) is 6.04. The maximum absolute atomic E-state index is 12.0. The van der Waals surface area contributed by atoms with Crippen LogP contribution in [0.25, 0.3) is 0 Å². The fourth-order valence-electron chi connectivity index (χ4n) is 1.93. The Morgan fingerprint density at radius 3 is 2.76 bits per heavy atom. The molecule has 116 valence electrons. The van der Waals surface area contributed by atoms with Crippen LogP contribution >= 0.6 is 15.9 Å². The number of amides is 2. The number of aliphatic carboxylic acids is 1. The number of hydrogen-bond donors (Lipinski definition) is 2. The molecule has 0 aliphatic heterocycles. The van der Waals surface area contributed by atoms with E-state index in [1.807, 2.05) is 31.2 Å². The number of urea groups is 1. The molecule has 0 spiro atoms. The maximum atomic E-state index is 12.0. The van der Waals surface area contributed by atoms with Crippen LogP contribution in [0.2, 0.25) is 0 Å². The summed E-state index contributed by atoms with van der Waals surface area (Å²) in [6.07, 6.45) is 1.35. The van der Waals surface area contributed by atoms with Crippen molar-refractivity contribution < 1.29 is 14.7 Å². The number of nitrogens with zero attached hydrogens (tertiary/aromatic N) is 1. The Bertz CT molecular complexity index is 494. The first kappa shape index (κ1) is 17.5. The van der Waals surface area contributed by atoms with Crippen LogP contribution in [-0.2, 0) is 11.3 Å². The summed E-state index contributed by atoms with van der Waals surface area (Å²) in [4.78, 5) is 24.1. The molecule has 0 aliphatic carbocycles. The first-order valence-electron chi connectivity index (χ1n) is 6.86. The quantitative estimate of drug-likeness (QED) is 0.787. The first-order valence-corrected chi connectivity index (χ1v) is 7.65. The number of carbonyl (C=O) groups excluding carboxylic acids is 1. The lowest BCUT2D eigenvalue weighted by Gasteiger charge is -2.21.